The number of nitrogens with zero attached hydrogens (tertiary/aromatic N) is 1. The van der Waals surface area contributed by atoms with Gasteiger partial charge in [-0.05, 0) is 58.0 Å². The zero-order chi connectivity index (χ0) is 11.7. The van der Waals surface area contributed by atoms with Crippen molar-refractivity contribution < 1.29 is 4.79 Å². The maximum atomic E-state index is 11.7. The van der Waals surface area contributed by atoms with E-state index in [2.05, 4.69) is 12.2 Å². The Balaban J connectivity index is 1.80. The Morgan fingerprint density at radius 3 is 2.62 bits per heavy atom. The highest BCUT2D eigenvalue weighted by Crippen LogP contribution is 2.49. The standard InChI is InChI=1S/C13H24N2O/c1-9(14-13(16)8-15(2)3)12-7-10-4-5-11(12)6-10/h9-12H,4-8H2,1-3H3,(H,14,16)/t9-,10+,11+,12-/m1/s1. The van der Waals surface area contributed by atoms with Crippen molar-refractivity contribution in [2.75, 3.05) is 20.6 Å². The summed E-state index contributed by atoms with van der Waals surface area (Å²) in [5.41, 5.74) is 0. The molecular formula is C13H24N2O. The molecule has 1 amide bonds. The second-order valence-corrected chi connectivity index (χ2v) is 5.93. The number of fused-ring (bicyclic) bond motifs is 2. The molecular weight excluding hydrogens is 200 g/mol. The predicted molar refractivity (Wildman–Crippen MR) is 65.1 cm³/mol. The fraction of sp³-hybridized carbons (Fsp3) is 0.923. The molecule has 92 valence electrons. The summed E-state index contributed by atoms with van der Waals surface area (Å²) in [7, 11) is 3.86. The van der Waals surface area contributed by atoms with Gasteiger partial charge in [0, 0.05) is 6.04 Å². The van der Waals surface area contributed by atoms with Gasteiger partial charge in [-0.15, -0.1) is 0 Å². The predicted octanol–water partition coefficient (Wildman–Crippen LogP) is 1.49. The van der Waals surface area contributed by atoms with E-state index in [-0.39, 0.29) is 5.91 Å². The lowest BCUT2D eigenvalue weighted by atomic mass is 9.84. The summed E-state index contributed by atoms with van der Waals surface area (Å²) < 4.78 is 0. The van der Waals surface area contributed by atoms with E-state index in [4.69, 9.17) is 0 Å². The molecule has 4 atom stereocenters. The molecule has 1 N–H and O–H groups in total. The zero-order valence-electron chi connectivity index (χ0n) is 10.7. The van der Waals surface area contributed by atoms with Crippen molar-refractivity contribution in [3.63, 3.8) is 0 Å². The van der Waals surface area contributed by atoms with Gasteiger partial charge in [0.1, 0.15) is 0 Å². The molecule has 3 nitrogen and oxygen atoms in total. The zero-order valence-corrected chi connectivity index (χ0v) is 10.7. The van der Waals surface area contributed by atoms with Gasteiger partial charge in [0.2, 0.25) is 5.91 Å². The number of nitrogens with one attached hydrogen (secondary N) is 1. The first-order valence-corrected chi connectivity index (χ1v) is 6.50. The second-order valence-electron chi connectivity index (χ2n) is 5.93. The van der Waals surface area contributed by atoms with Crippen LogP contribution in [-0.4, -0.2) is 37.5 Å². The van der Waals surface area contributed by atoms with Gasteiger partial charge in [-0.2, -0.15) is 0 Å². The van der Waals surface area contributed by atoms with Gasteiger partial charge >= 0.3 is 0 Å². The van der Waals surface area contributed by atoms with Gasteiger partial charge in [0.05, 0.1) is 6.54 Å². The molecule has 0 aliphatic heterocycles. The SMILES string of the molecule is C[C@@H](NC(=O)CN(C)C)[C@H]1C[C@H]2CC[C@H]1C2. The lowest BCUT2D eigenvalue weighted by Gasteiger charge is -2.28. The normalized spacial score (nSPS) is 34.4. The van der Waals surface area contributed by atoms with Crippen LogP contribution < -0.4 is 5.32 Å². The van der Waals surface area contributed by atoms with Gasteiger partial charge in [0.15, 0.2) is 0 Å². The van der Waals surface area contributed by atoms with E-state index in [0.29, 0.717) is 12.6 Å². The smallest absolute Gasteiger partial charge is 0.234 e. The Bertz CT molecular complexity index is 265. The van der Waals surface area contributed by atoms with E-state index >= 15 is 0 Å². The van der Waals surface area contributed by atoms with Crippen LogP contribution in [0.1, 0.15) is 32.6 Å². The van der Waals surface area contributed by atoms with E-state index in [1.54, 1.807) is 0 Å². The van der Waals surface area contributed by atoms with E-state index in [0.717, 1.165) is 17.8 Å². The molecule has 0 saturated heterocycles. The summed E-state index contributed by atoms with van der Waals surface area (Å²) in [6, 6.07) is 0.364. The van der Waals surface area contributed by atoms with Gasteiger partial charge < -0.3 is 10.2 Å². The molecule has 0 aromatic heterocycles. The molecule has 2 saturated carbocycles. The van der Waals surface area contributed by atoms with Crippen LogP contribution in [0, 0.1) is 17.8 Å². The minimum atomic E-state index is 0.167. The summed E-state index contributed by atoms with van der Waals surface area (Å²) in [5.74, 6) is 2.76. The summed E-state index contributed by atoms with van der Waals surface area (Å²) in [6.07, 6.45) is 5.58. The number of carbonyl (C=O) groups is 1. The Kier molecular flexibility index (Phi) is 3.53. The van der Waals surface area contributed by atoms with Crippen molar-refractivity contribution in [3.8, 4) is 0 Å². The van der Waals surface area contributed by atoms with Crippen molar-refractivity contribution in [2.24, 2.45) is 17.8 Å². The number of likely N-dealkylation sites (N-methyl/N-ethyl adjacent to an activating group) is 1. The van der Waals surface area contributed by atoms with E-state index in [1.165, 1.54) is 25.7 Å². The molecule has 0 aromatic rings. The quantitative estimate of drug-likeness (QED) is 0.784. The van der Waals surface area contributed by atoms with Crippen LogP contribution in [0.5, 0.6) is 0 Å². The third-order valence-corrected chi connectivity index (χ3v) is 4.28. The van der Waals surface area contributed by atoms with Crippen molar-refractivity contribution >= 4 is 5.91 Å². The average molecular weight is 224 g/mol. The summed E-state index contributed by atoms with van der Waals surface area (Å²) in [4.78, 5) is 13.6. The first kappa shape index (κ1) is 11.9. The number of hydrogen-bond acceptors (Lipinski definition) is 2. The minimum absolute atomic E-state index is 0.167. The molecule has 0 unspecified atom stereocenters. The van der Waals surface area contributed by atoms with Crippen LogP contribution in [0.3, 0.4) is 0 Å². The lowest BCUT2D eigenvalue weighted by molar-refractivity contribution is -0.122. The van der Waals surface area contributed by atoms with Crippen LogP contribution in [0.4, 0.5) is 0 Å². The van der Waals surface area contributed by atoms with Crippen LogP contribution >= 0.6 is 0 Å². The first-order chi connectivity index (χ1) is 7.56. The molecule has 0 aromatic carbocycles. The monoisotopic (exact) mass is 224 g/mol. The van der Waals surface area contributed by atoms with Crippen molar-refractivity contribution in [1.82, 2.24) is 10.2 Å². The number of rotatable bonds is 4. The minimum Gasteiger partial charge on any atom is -0.352 e. The van der Waals surface area contributed by atoms with Crippen molar-refractivity contribution in [3.05, 3.63) is 0 Å². The average Bonchev–Trinajstić information content (AvgIpc) is 2.76. The Labute approximate surface area is 98.6 Å². The Morgan fingerprint density at radius 2 is 2.12 bits per heavy atom. The highest BCUT2D eigenvalue weighted by atomic mass is 16.2. The fourth-order valence-corrected chi connectivity index (χ4v) is 3.60. The molecule has 2 aliphatic rings. The Hall–Kier alpha value is -0.570. The molecule has 3 heteroatoms. The largest absolute Gasteiger partial charge is 0.352 e. The molecule has 2 rings (SSSR count). The maximum Gasteiger partial charge on any atom is 0.234 e. The van der Waals surface area contributed by atoms with Crippen LogP contribution in [0.25, 0.3) is 0 Å². The molecule has 2 aliphatic carbocycles. The van der Waals surface area contributed by atoms with Crippen LogP contribution in [0.2, 0.25) is 0 Å². The Morgan fingerprint density at radius 1 is 1.38 bits per heavy atom. The highest BCUT2D eigenvalue weighted by Gasteiger charge is 2.42. The molecule has 0 spiro atoms. The summed E-state index contributed by atoms with van der Waals surface area (Å²) >= 11 is 0. The van der Waals surface area contributed by atoms with E-state index < -0.39 is 0 Å². The van der Waals surface area contributed by atoms with Crippen LogP contribution in [-0.2, 0) is 4.79 Å². The molecule has 2 bridgehead atoms. The first-order valence-electron chi connectivity index (χ1n) is 6.50. The van der Waals surface area contributed by atoms with Gasteiger partial charge in [-0.1, -0.05) is 6.42 Å². The van der Waals surface area contributed by atoms with Crippen molar-refractivity contribution in [2.45, 2.75) is 38.6 Å². The summed E-state index contributed by atoms with van der Waals surface area (Å²) in [6.45, 7) is 2.68. The lowest BCUT2D eigenvalue weighted by Crippen LogP contribution is -2.43. The molecule has 0 radical (unpaired) electrons. The van der Waals surface area contributed by atoms with E-state index in [9.17, 15) is 4.79 Å². The van der Waals surface area contributed by atoms with Gasteiger partial charge in [0.25, 0.3) is 0 Å². The number of carbonyl (C=O) groups excluding carboxylic acids is 1. The fourth-order valence-electron chi connectivity index (χ4n) is 3.60. The van der Waals surface area contributed by atoms with Gasteiger partial charge in [-0.3, -0.25) is 4.79 Å². The third kappa shape index (κ3) is 2.57. The highest BCUT2D eigenvalue weighted by molar-refractivity contribution is 5.78. The second kappa shape index (κ2) is 4.74. The molecule has 0 heterocycles. The van der Waals surface area contributed by atoms with Crippen LogP contribution in [0.15, 0.2) is 0 Å². The molecule has 2 fully saturated rings. The topological polar surface area (TPSA) is 32.3 Å². The number of amides is 1. The van der Waals surface area contributed by atoms with E-state index in [1.807, 2.05) is 19.0 Å². The molecule has 16 heavy (non-hydrogen) atoms. The third-order valence-electron chi connectivity index (χ3n) is 4.28. The van der Waals surface area contributed by atoms with Gasteiger partial charge in [-0.25, -0.2) is 0 Å². The van der Waals surface area contributed by atoms with Crippen molar-refractivity contribution in [1.29, 1.82) is 0 Å². The number of hydrogen-bond donors (Lipinski definition) is 1. The summed E-state index contributed by atoms with van der Waals surface area (Å²) in [5, 5.41) is 3.16. The maximum absolute atomic E-state index is 11.7.